The van der Waals surface area contributed by atoms with Crippen LogP contribution in [0.3, 0.4) is 0 Å². The molecule has 3 heterocycles. The molecular weight excluding hydrogens is 286 g/mol. The summed E-state index contributed by atoms with van der Waals surface area (Å²) in [6, 6.07) is 2.34. The highest BCUT2D eigenvalue weighted by Gasteiger charge is 2.19. The zero-order valence-corrected chi connectivity index (χ0v) is 12.8. The Labute approximate surface area is 127 Å². The second kappa shape index (κ2) is 6.36. The standard InChI is InChI=1S/C14H19N5OS/c1-10(11-4-7-21-9-11)16-14(20)13-8-19(18-17-13)12-2-5-15-6-3-12/h4,7-10,12,15H,2-3,5-6H2,1H3,(H,16,20). The molecule has 7 heteroatoms. The molecule has 1 amide bonds. The summed E-state index contributed by atoms with van der Waals surface area (Å²) < 4.78 is 1.82. The van der Waals surface area contributed by atoms with Gasteiger partial charge in [-0.1, -0.05) is 5.21 Å². The predicted molar refractivity (Wildman–Crippen MR) is 81.4 cm³/mol. The van der Waals surface area contributed by atoms with E-state index in [1.807, 2.05) is 28.4 Å². The first-order valence-corrected chi connectivity index (χ1v) is 8.14. The molecule has 0 aromatic carbocycles. The van der Waals surface area contributed by atoms with E-state index in [4.69, 9.17) is 0 Å². The van der Waals surface area contributed by atoms with Crippen molar-refractivity contribution in [2.24, 2.45) is 0 Å². The zero-order chi connectivity index (χ0) is 14.7. The Bertz CT molecular complexity index is 588. The molecule has 2 aromatic rings. The van der Waals surface area contributed by atoms with Gasteiger partial charge in [0.25, 0.3) is 5.91 Å². The van der Waals surface area contributed by atoms with Crippen LogP contribution < -0.4 is 10.6 Å². The van der Waals surface area contributed by atoms with E-state index in [0.717, 1.165) is 31.5 Å². The van der Waals surface area contributed by atoms with Crippen LogP contribution in [0, 0.1) is 0 Å². The first kappa shape index (κ1) is 14.2. The van der Waals surface area contributed by atoms with Crippen molar-refractivity contribution in [3.8, 4) is 0 Å². The van der Waals surface area contributed by atoms with Crippen LogP contribution >= 0.6 is 11.3 Å². The summed E-state index contributed by atoms with van der Waals surface area (Å²) in [5.74, 6) is -0.172. The Hall–Kier alpha value is -1.73. The minimum absolute atomic E-state index is 0.0206. The third-order valence-electron chi connectivity index (χ3n) is 3.82. The summed E-state index contributed by atoms with van der Waals surface area (Å²) in [5, 5.41) is 18.4. The van der Waals surface area contributed by atoms with Crippen LogP contribution in [0.2, 0.25) is 0 Å². The summed E-state index contributed by atoms with van der Waals surface area (Å²) in [4.78, 5) is 12.2. The van der Waals surface area contributed by atoms with Crippen LogP contribution in [-0.4, -0.2) is 34.0 Å². The summed E-state index contributed by atoms with van der Waals surface area (Å²) >= 11 is 1.62. The number of piperidine rings is 1. The molecule has 1 fully saturated rings. The van der Waals surface area contributed by atoms with Gasteiger partial charge in [-0.3, -0.25) is 4.79 Å². The van der Waals surface area contributed by atoms with E-state index < -0.39 is 0 Å². The van der Waals surface area contributed by atoms with Gasteiger partial charge >= 0.3 is 0 Å². The molecule has 3 rings (SSSR count). The number of nitrogens with one attached hydrogen (secondary N) is 2. The number of rotatable bonds is 4. The normalized spacial score (nSPS) is 17.6. The number of amides is 1. The lowest BCUT2D eigenvalue weighted by atomic mass is 10.1. The second-order valence-corrected chi connectivity index (χ2v) is 6.10. The maximum Gasteiger partial charge on any atom is 0.273 e. The molecule has 0 saturated carbocycles. The predicted octanol–water partition coefficient (Wildman–Crippen LogP) is 1.76. The number of carbonyl (C=O) groups excluding carboxylic acids is 1. The molecule has 1 aliphatic heterocycles. The van der Waals surface area contributed by atoms with Crippen molar-refractivity contribution in [3.63, 3.8) is 0 Å². The smallest absolute Gasteiger partial charge is 0.273 e. The molecule has 1 saturated heterocycles. The molecule has 0 aliphatic carbocycles. The van der Waals surface area contributed by atoms with E-state index in [0.29, 0.717) is 11.7 Å². The molecule has 1 unspecified atom stereocenters. The second-order valence-electron chi connectivity index (χ2n) is 5.32. The van der Waals surface area contributed by atoms with Crippen LogP contribution in [0.1, 0.15) is 47.9 Å². The van der Waals surface area contributed by atoms with Crippen molar-refractivity contribution in [3.05, 3.63) is 34.3 Å². The number of hydrogen-bond acceptors (Lipinski definition) is 5. The number of nitrogens with zero attached hydrogens (tertiary/aromatic N) is 3. The molecule has 1 atom stereocenters. The minimum Gasteiger partial charge on any atom is -0.344 e. The Morgan fingerprint density at radius 2 is 2.33 bits per heavy atom. The Kier molecular flexibility index (Phi) is 4.31. The lowest BCUT2D eigenvalue weighted by Gasteiger charge is -2.22. The molecule has 21 heavy (non-hydrogen) atoms. The summed E-state index contributed by atoms with van der Waals surface area (Å²) in [6.07, 6.45) is 3.80. The fourth-order valence-electron chi connectivity index (χ4n) is 2.51. The van der Waals surface area contributed by atoms with Gasteiger partial charge in [-0.05, 0) is 55.2 Å². The molecule has 0 radical (unpaired) electrons. The first-order chi connectivity index (χ1) is 10.2. The van der Waals surface area contributed by atoms with Gasteiger partial charge in [-0.15, -0.1) is 5.10 Å². The highest BCUT2D eigenvalue weighted by atomic mass is 32.1. The van der Waals surface area contributed by atoms with E-state index in [1.165, 1.54) is 0 Å². The SMILES string of the molecule is CC(NC(=O)c1cn(C2CCNCC2)nn1)c1ccsc1. The van der Waals surface area contributed by atoms with E-state index in [9.17, 15) is 4.79 Å². The molecule has 0 bridgehead atoms. The average Bonchev–Trinajstić information content (AvgIpc) is 3.20. The van der Waals surface area contributed by atoms with Crippen LogP contribution in [-0.2, 0) is 0 Å². The third-order valence-corrected chi connectivity index (χ3v) is 4.52. The summed E-state index contributed by atoms with van der Waals surface area (Å²) in [5.41, 5.74) is 1.50. The lowest BCUT2D eigenvalue weighted by molar-refractivity contribution is 0.0935. The number of hydrogen-bond donors (Lipinski definition) is 2. The van der Waals surface area contributed by atoms with Crippen LogP contribution in [0.4, 0.5) is 0 Å². The largest absolute Gasteiger partial charge is 0.344 e. The fourth-order valence-corrected chi connectivity index (χ4v) is 3.26. The molecule has 1 aliphatic rings. The number of thiophene rings is 1. The molecular formula is C14H19N5OS. The third kappa shape index (κ3) is 3.30. The Balaban J connectivity index is 1.63. The van der Waals surface area contributed by atoms with Gasteiger partial charge in [-0.2, -0.15) is 11.3 Å². The first-order valence-electron chi connectivity index (χ1n) is 7.19. The molecule has 0 spiro atoms. The molecule has 2 N–H and O–H groups in total. The van der Waals surface area contributed by atoms with Crippen molar-refractivity contribution >= 4 is 17.2 Å². The van der Waals surface area contributed by atoms with Gasteiger partial charge in [0.15, 0.2) is 5.69 Å². The van der Waals surface area contributed by atoms with E-state index in [2.05, 4.69) is 20.9 Å². The maximum absolute atomic E-state index is 12.2. The van der Waals surface area contributed by atoms with Crippen molar-refractivity contribution in [1.29, 1.82) is 0 Å². The number of aromatic nitrogens is 3. The minimum atomic E-state index is -0.172. The Morgan fingerprint density at radius 3 is 3.05 bits per heavy atom. The molecule has 6 nitrogen and oxygen atoms in total. The van der Waals surface area contributed by atoms with Gasteiger partial charge in [0, 0.05) is 0 Å². The van der Waals surface area contributed by atoms with Gasteiger partial charge in [-0.25, -0.2) is 4.68 Å². The highest BCUT2D eigenvalue weighted by molar-refractivity contribution is 7.07. The number of carbonyl (C=O) groups is 1. The van der Waals surface area contributed by atoms with Crippen LogP contribution in [0.25, 0.3) is 0 Å². The van der Waals surface area contributed by atoms with Crippen LogP contribution in [0.5, 0.6) is 0 Å². The van der Waals surface area contributed by atoms with E-state index >= 15 is 0 Å². The van der Waals surface area contributed by atoms with Crippen molar-refractivity contribution < 1.29 is 4.79 Å². The van der Waals surface area contributed by atoms with Crippen molar-refractivity contribution in [2.75, 3.05) is 13.1 Å². The summed E-state index contributed by atoms with van der Waals surface area (Å²) in [6.45, 7) is 3.94. The van der Waals surface area contributed by atoms with Gasteiger partial charge in [0.05, 0.1) is 18.3 Å². The monoisotopic (exact) mass is 305 g/mol. The van der Waals surface area contributed by atoms with Gasteiger partial charge in [0.2, 0.25) is 0 Å². The fraction of sp³-hybridized carbons (Fsp3) is 0.500. The van der Waals surface area contributed by atoms with Crippen molar-refractivity contribution in [2.45, 2.75) is 31.8 Å². The Morgan fingerprint density at radius 1 is 1.52 bits per heavy atom. The van der Waals surface area contributed by atoms with Crippen molar-refractivity contribution in [1.82, 2.24) is 25.6 Å². The molecule has 112 valence electrons. The molecule has 2 aromatic heterocycles. The zero-order valence-electron chi connectivity index (χ0n) is 12.0. The van der Waals surface area contributed by atoms with Gasteiger partial charge < -0.3 is 10.6 Å². The topological polar surface area (TPSA) is 71.8 Å². The summed E-state index contributed by atoms with van der Waals surface area (Å²) in [7, 11) is 0. The highest BCUT2D eigenvalue weighted by Crippen LogP contribution is 2.18. The van der Waals surface area contributed by atoms with Crippen LogP contribution in [0.15, 0.2) is 23.0 Å². The average molecular weight is 305 g/mol. The van der Waals surface area contributed by atoms with E-state index in [1.54, 1.807) is 17.5 Å². The quantitative estimate of drug-likeness (QED) is 0.903. The van der Waals surface area contributed by atoms with E-state index in [-0.39, 0.29) is 11.9 Å². The van der Waals surface area contributed by atoms with Gasteiger partial charge in [0.1, 0.15) is 0 Å². The lowest BCUT2D eigenvalue weighted by Crippen LogP contribution is -2.29. The maximum atomic E-state index is 12.2.